The van der Waals surface area contributed by atoms with Crippen molar-refractivity contribution in [1.82, 2.24) is 24.0 Å². The van der Waals surface area contributed by atoms with Crippen LogP contribution in [0.3, 0.4) is 0 Å². The first kappa shape index (κ1) is 19.2. The lowest BCUT2D eigenvalue weighted by atomic mass is 10.1. The van der Waals surface area contributed by atoms with Gasteiger partial charge < -0.3 is 4.90 Å². The monoisotopic (exact) mass is 415 g/mol. The molecule has 0 bridgehead atoms. The molecule has 1 saturated heterocycles. The Labute approximate surface area is 167 Å². The maximum Gasteiger partial charge on any atom is 0.253 e. The molecule has 1 aliphatic rings. The van der Waals surface area contributed by atoms with Gasteiger partial charge in [-0.15, -0.1) is 0 Å². The van der Waals surface area contributed by atoms with Crippen LogP contribution in [0.15, 0.2) is 66.1 Å². The van der Waals surface area contributed by atoms with E-state index in [-0.39, 0.29) is 37.0 Å². The predicted octanol–water partition coefficient (Wildman–Crippen LogP) is 1.55. The Bertz CT molecular complexity index is 1090. The molecule has 0 spiro atoms. The van der Waals surface area contributed by atoms with Gasteiger partial charge in [0.15, 0.2) is 0 Å². The molecule has 4 rings (SSSR count). The van der Waals surface area contributed by atoms with Crippen LogP contribution in [0.2, 0.25) is 0 Å². The number of aromatic nitrogens is 3. The number of carbonyl (C=O) groups is 1. The van der Waals surface area contributed by atoms with Crippen molar-refractivity contribution < 1.29 is 17.6 Å². The zero-order valence-electron chi connectivity index (χ0n) is 15.3. The number of rotatable bonds is 4. The smallest absolute Gasteiger partial charge is 0.253 e. The van der Waals surface area contributed by atoms with Crippen molar-refractivity contribution in [3.05, 3.63) is 72.6 Å². The van der Waals surface area contributed by atoms with Crippen molar-refractivity contribution in [2.24, 2.45) is 0 Å². The van der Waals surface area contributed by atoms with Crippen LogP contribution in [-0.2, 0) is 10.0 Å². The lowest BCUT2D eigenvalue weighted by Crippen LogP contribution is -2.50. The highest BCUT2D eigenvalue weighted by molar-refractivity contribution is 7.89. The summed E-state index contributed by atoms with van der Waals surface area (Å²) in [5.74, 6) is -0.650. The molecule has 0 unspecified atom stereocenters. The molecule has 0 saturated carbocycles. The van der Waals surface area contributed by atoms with Crippen molar-refractivity contribution >= 4 is 15.9 Å². The quantitative estimate of drug-likeness (QED) is 0.645. The molecule has 0 atom stereocenters. The van der Waals surface area contributed by atoms with Crippen LogP contribution in [0.1, 0.15) is 10.4 Å². The van der Waals surface area contributed by atoms with Gasteiger partial charge in [-0.1, -0.05) is 0 Å². The van der Waals surface area contributed by atoms with Gasteiger partial charge in [-0.2, -0.15) is 9.40 Å². The number of amides is 1. The number of hydrogen-bond acceptors (Lipinski definition) is 5. The van der Waals surface area contributed by atoms with Crippen molar-refractivity contribution in [2.75, 3.05) is 26.2 Å². The van der Waals surface area contributed by atoms with Gasteiger partial charge in [0.25, 0.3) is 5.91 Å². The standard InChI is InChI=1S/C19H18FN5O3S/c20-16-3-7-18(8-4-16)29(27,28)24-11-9-23(10-12-24)19(26)15-1-5-17(6-2-15)25-14-21-13-22-25/h1-8,13-14H,9-12H2. The summed E-state index contributed by atoms with van der Waals surface area (Å²) in [5, 5.41) is 4.04. The zero-order chi connectivity index (χ0) is 20.4. The van der Waals surface area contributed by atoms with Gasteiger partial charge in [0.05, 0.1) is 10.6 Å². The Morgan fingerprint density at radius 1 is 0.931 bits per heavy atom. The zero-order valence-corrected chi connectivity index (χ0v) is 16.2. The van der Waals surface area contributed by atoms with E-state index in [1.165, 1.54) is 22.8 Å². The molecule has 29 heavy (non-hydrogen) atoms. The molecule has 0 radical (unpaired) electrons. The van der Waals surface area contributed by atoms with Gasteiger partial charge in [0.2, 0.25) is 10.0 Å². The molecule has 0 aliphatic carbocycles. The molecule has 1 aliphatic heterocycles. The summed E-state index contributed by atoms with van der Waals surface area (Å²) in [7, 11) is -3.71. The van der Waals surface area contributed by atoms with E-state index < -0.39 is 15.8 Å². The van der Waals surface area contributed by atoms with Crippen LogP contribution in [0, 0.1) is 5.82 Å². The molecule has 3 aromatic rings. The third kappa shape index (κ3) is 3.89. The number of hydrogen-bond donors (Lipinski definition) is 0. The van der Waals surface area contributed by atoms with Crippen LogP contribution in [0.4, 0.5) is 4.39 Å². The average molecular weight is 415 g/mol. The van der Waals surface area contributed by atoms with E-state index in [0.717, 1.165) is 17.8 Å². The minimum atomic E-state index is -3.71. The highest BCUT2D eigenvalue weighted by atomic mass is 32.2. The third-order valence-electron chi connectivity index (χ3n) is 4.77. The van der Waals surface area contributed by atoms with Gasteiger partial charge in [0.1, 0.15) is 18.5 Å². The highest BCUT2D eigenvalue weighted by Gasteiger charge is 2.30. The number of halogens is 1. The van der Waals surface area contributed by atoms with E-state index in [9.17, 15) is 17.6 Å². The molecular formula is C19H18FN5O3S. The number of benzene rings is 2. The lowest BCUT2D eigenvalue weighted by molar-refractivity contribution is 0.0698. The molecular weight excluding hydrogens is 397 g/mol. The van der Waals surface area contributed by atoms with Crippen LogP contribution >= 0.6 is 0 Å². The van der Waals surface area contributed by atoms with Crippen LogP contribution in [-0.4, -0.2) is 64.5 Å². The van der Waals surface area contributed by atoms with Crippen LogP contribution < -0.4 is 0 Å². The summed E-state index contributed by atoms with van der Waals surface area (Å²) in [6.07, 6.45) is 3.00. The Morgan fingerprint density at radius 3 is 2.17 bits per heavy atom. The van der Waals surface area contributed by atoms with Crippen molar-refractivity contribution in [2.45, 2.75) is 4.90 Å². The number of carbonyl (C=O) groups excluding carboxylic acids is 1. The van der Waals surface area contributed by atoms with Crippen molar-refractivity contribution in [3.8, 4) is 5.69 Å². The summed E-state index contributed by atoms with van der Waals surface area (Å²) >= 11 is 0. The number of piperazine rings is 1. The van der Waals surface area contributed by atoms with Gasteiger partial charge in [-0.25, -0.2) is 22.5 Å². The second-order valence-electron chi connectivity index (χ2n) is 6.54. The fraction of sp³-hybridized carbons (Fsp3) is 0.211. The highest BCUT2D eigenvalue weighted by Crippen LogP contribution is 2.19. The molecule has 10 heteroatoms. The van der Waals surface area contributed by atoms with Gasteiger partial charge >= 0.3 is 0 Å². The summed E-state index contributed by atoms with van der Waals surface area (Å²) in [6.45, 7) is 0.930. The number of sulfonamides is 1. The molecule has 150 valence electrons. The van der Waals surface area contributed by atoms with Crippen molar-refractivity contribution in [1.29, 1.82) is 0 Å². The van der Waals surface area contributed by atoms with Gasteiger partial charge in [0, 0.05) is 31.7 Å². The maximum absolute atomic E-state index is 13.1. The molecule has 8 nitrogen and oxygen atoms in total. The Morgan fingerprint density at radius 2 is 1.59 bits per heavy atom. The Balaban J connectivity index is 1.41. The minimum absolute atomic E-state index is 0.0439. The maximum atomic E-state index is 13.1. The van der Waals surface area contributed by atoms with Gasteiger partial charge in [-0.05, 0) is 48.5 Å². The first-order chi connectivity index (χ1) is 13.9. The summed E-state index contributed by atoms with van der Waals surface area (Å²) < 4.78 is 41.3. The Hall–Kier alpha value is -3.11. The van der Waals surface area contributed by atoms with Crippen LogP contribution in [0.25, 0.3) is 5.69 Å². The third-order valence-corrected chi connectivity index (χ3v) is 6.69. The summed E-state index contributed by atoms with van der Waals surface area (Å²) in [5.41, 5.74) is 1.30. The number of nitrogens with zero attached hydrogens (tertiary/aromatic N) is 5. The minimum Gasteiger partial charge on any atom is -0.336 e. The SMILES string of the molecule is O=C(c1ccc(-n2cncn2)cc1)N1CCN(S(=O)(=O)c2ccc(F)cc2)CC1. The normalized spacial score (nSPS) is 15.4. The lowest BCUT2D eigenvalue weighted by Gasteiger charge is -2.34. The van der Waals surface area contributed by atoms with Gasteiger partial charge in [-0.3, -0.25) is 4.79 Å². The van der Waals surface area contributed by atoms with E-state index in [1.807, 2.05) is 0 Å². The first-order valence-electron chi connectivity index (χ1n) is 8.95. The van der Waals surface area contributed by atoms with E-state index in [4.69, 9.17) is 0 Å². The van der Waals surface area contributed by atoms with Crippen LogP contribution in [0.5, 0.6) is 0 Å². The predicted molar refractivity (Wildman–Crippen MR) is 102 cm³/mol. The van der Waals surface area contributed by atoms with E-state index >= 15 is 0 Å². The average Bonchev–Trinajstić information content (AvgIpc) is 3.29. The fourth-order valence-corrected chi connectivity index (χ4v) is 4.59. The second-order valence-corrected chi connectivity index (χ2v) is 8.48. The molecule has 1 amide bonds. The molecule has 2 aromatic carbocycles. The summed E-state index contributed by atoms with van der Waals surface area (Å²) in [4.78, 5) is 18.3. The topological polar surface area (TPSA) is 88.4 Å². The molecule has 1 aromatic heterocycles. The fourth-order valence-electron chi connectivity index (χ4n) is 3.17. The largest absolute Gasteiger partial charge is 0.336 e. The second kappa shape index (κ2) is 7.72. The first-order valence-corrected chi connectivity index (χ1v) is 10.4. The molecule has 0 N–H and O–H groups in total. The Kier molecular flexibility index (Phi) is 5.12. The van der Waals surface area contributed by atoms with E-state index in [0.29, 0.717) is 5.56 Å². The van der Waals surface area contributed by atoms with Crippen molar-refractivity contribution in [3.63, 3.8) is 0 Å². The summed E-state index contributed by atoms with van der Waals surface area (Å²) in [6, 6.07) is 11.7. The van der Waals surface area contributed by atoms with E-state index in [1.54, 1.807) is 40.2 Å². The van der Waals surface area contributed by atoms with E-state index in [2.05, 4.69) is 10.1 Å². The molecule has 1 fully saturated rings. The molecule has 2 heterocycles.